The number of nitrogens with one attached hydrogen (secondary N) is 1. The van der Waals surface area contributed by atoms with Gasteiger partial charge in [-0.25, -0.2) is 0 Å². The second kappa shape index (κ2) is 4.98. The Morgan fingerprint density at radius 1 is 1.57 bits per heavy atom. The van der Waals surface area contributed by atoms with Gasteiger partial charge in [-0.1, -0.05) is 18.5 Å². The summed E-state index contributed by atoms with van der Waals surface area (Å²) in [6.07, 6.45) is 6.21. The van der Waals surface area contributed by atoms with Crippen LogP contribution in [0, 0.1) is 0 Å². The molecule has 0 aromatic heterocycles. The standard InChI is InChI=1S/C10H18N2O2/c1-2-5-10(11-8-13)6-3-9(12-14)4-7-10/h8,14H,2-7H2,1H3,(H,11,13). The topological polar surface area (TPSA) is 61.7 Å². The highest BCUT2D eigenvalue weighted by molar-refractivity contribution is 5.85. The summed E-state index contributed by atoms with van der Waals surface area (Å²) in [5, 5.41) is 14.8. The van der Waals surface area contributed by atoms with Crippen molar-refractivity contribution in [2.75, 3.05) is 0 Å². The van der Waals surface area contributed by atoms with Crippen LogP contribution in [0.3, 0.4) is 0 Å². The van der Waals surface area contributed by atoms with Crippen LogP contribution in [0.1, 0.15) is 45.4 Å². The Hall–Kier alpha value is -1.06. The summed E-state index contributed by atoms with van der Waals surface area (Å²) in [6.45, 7) is 2.11. The van der Waals surface area contributed by atoms with E-state index in [4.69, 9.17) is 5.21 Å². The second-order valence-electron chi connectivity index (χ2n) is 3.96. The van der Waals surface area contributed by atoms with Gasteiger partial charge in [0, 0.05) is 5.54 Å². The average molecular weight is 198 g/mol. The highest BCUT2D eigenvalue weighted by Crippen LogP contribution is 2.30. The number of oxime groups is 1. The zero-order valence-corrected chi connectivity index (χ0v) is 8.62. The van der Waals surface area contributed by atoms with Crippen LogP contribution in [0.5, 0.6) is 0 Å². The normalized spacial score (nSPS) is 27.1. The third kappa shape index (κ3) is 2.47. The predicted octanol–water partition coefficient (Wildman–Crippen LogP) is 1.68. The minimum atomic E-state index is -0.0509. The molecule has 0 atom stereocenters. The molecule has 0 radical (unpaired) electrons. The number of carbonyl (C=O) groups is 1. The van der Waals surface area contributed by atoms with E-state index in [1.54, 1.807) is 0 Å². The first-order valence-corrected chi connectivity index (χ1v) is 5.17. The lowest BCUT2D eigenvalue weighted by atomic mass is 9.78. The lowest BCUT2D eigenvalue weighted by Crippen LogP contribution is -2.47. The summed E-state index contributed by atoms with van der Waals surface area (Å²) in [4.78, 5) is 10.5. The molecule has 1 saturated carbocycles. The summed E-state index contributed by atoms with van der Waals surface area (Å²) >= 11 is 0. The molecule has 0 bridgehead atoms. The van der Waals surface area contributed by atoms with Gasteiger partial charge in [0.15, 0.2) is 0 Å². The van der Waals surface area contributed by atoms with Crippen molar-refractivity contribution >= 4 is 12.1 Å². The van der Waals surface area contributed by atoms with Crippen molar-refractivity contribution in [3.63, 3.8) is 0 Å². The van der Waals surface area contributed by atoms with Crippen LogP contribution in [0.2, 0.25) is 0 Å². The van der Waals surface area contributed by atoms with Gasteiger partial charge < -0.3 is 10.5 Å². The fourth-order valence-electron chi connectivity index (χ4n) is 2.19. The number of rotatable bonds is 4. The summed E-state index contributed by atoms with van der Waals surface area (Å²) in [5.74, 6) is 0. The first-order chi connectivity index (χ1) is 6.76. The van der Waals surface area contributed by atoms with Gasteiger partial charge in [-0.2, -0.15) is 0 Å². The van der Waals surface area contributed by atoms with Crippen LogP contribution in [0.4, 0.5) is 0 Å². The molecule has 0 spiro atoms. The van der Waals surface area contributed by atoms with Crippen LogP contribution in [0.15, 0.2) is 5.16 Å². The fourth-order valence-corrected chi connectivity index (χ4v) is 2.19. The largest absolute Gasteiger partial charge is 0.411 e. The Kier molecular flexibility index (Phi) is 3.92. The van der Waals surface area contributed by atoms with E-state index in [1.165, 1.54) is 0 Å². The van der Waals surface area contributed by atoms with Crippen molar-refractivity contribution in [2.24, 2.45) is 5.16 Å². The first-order valence-electron chi connectivity index (χ1n) is 5.17. The van der Waals surface area contributed by atoms with E-state index in [1.807, 2.05) is 0 Å². The Bertz CT molecular complexity index is 216. The van der Waals surface area contributed by atoms with Crippen molar-refractivity contribution in [1.82, 2.24) is 5.32 Å². The highest BCUT2D eigenvalue weighted by Gasteiger charge is 2.32. The molecule has 1 aliphatic carbocycles. The molecule has 0 aromatic carbocycles. The molecular weight excluding hydrogens is 180 g/mol. The van der Waals surface area contributed by atoms with Gasteiger partial charge in [-0.05, 0) is 32.1 Å². The molecule has 1 rings (SSSR count). The van der Waals surface area contributed by atoms with E-state index in [-0.39, 0.29) is 5.54 Å². The van der Waals surface area contributed by atoms with Crippen molar-refractivity contribution in [1.29, 1.82) is 0 Å². The minimum Gasteiger partial charge on any atom is -0.411 e. The molecule has 1 fully saturated rings. The maximum atomic E-state index is 10.5. The number of hydrogen-bond acceptors (Lipinski definition) is 3. The fraction of sp³-hybridized carbons (Fsp3) is 0.800. The third-order valence-electron chi connectivity index (χ3n) is 3.02. The maximum absolute atomic E-state index is 10.5. The molecule has 0 aliphatic heterocycles. The summed E-state index contributed by atoms with van der Waals surface area (Å²) in [7, 11) is 0. The smallest absolute Gasteiger partial charge is 0.207 e. The highest BCUT2D eigenvalue weighted by atomic mass is 16.4. The molecule has 80 valence electrons. The van der Waals surface area contributed by atoms with Gasteiger partial charge in [0.1, 0.15) is 0 Å². The summed E-state index contributed by atoms with van der Waals surface area (Å²) in [5.41, 5.74) is 0.800. The third-order valence-corrected chi connectivity index (χ3v) is 3.02. The first kappa shape index (κ1) is 11.0. The number of hydrogen-bond donors (Lipinski definition) is 2. The molecule has 4 heteroatoms. The SMILES string of the molecule is CCCC1(NC=O)CCC(=NO)CC1. The Labute approximate surface area is 84.4 Å². The molecule has 4 nitrogen and oxygen atoms in total. The molecule has 1 aliphatic rings. The van der Waals surface area contributed by atoms with Gasteiger partial charge in [-0.15, -0.1) is 0 Å². The molecule has 0 unspecified atom stereocenters. The van der Waals surface area contributed by atoms with E-state index in [9.17, 15) is 4.79 Å². The Balaban J connectivity index is 2.58. The van der Waals surface area contributed by atoms with Crippen LogP contribution < -0.4 is 5.32 Å². The minimum absolute atomic E-state index is 0.0509. The average Bonchev–Trinajstić information content (AvgIpc) is 2.20. The second-order valence-corrected chi connectivity index (χ2v) is 3.96. The lowest BCUT2D eigenvalue weighted by Gasteiger charge is -2.36. The molecule has 0 aromatic rings. The molecule has 1 amide bonds. The maximum Gasteiger partial charge on any atom is 0.207 e. The van der Waals surface area contributed by atoms with Crippen molar-refractivity contribution < 1.29 is 10.0 Å². The summed E-state index contributed by atoms with van der Waals surface area (Å²) < 4.78 is 0. The van der Waals surface area contributed by atoms with Gasteiger partial charge in [0.05, 0.1) is 5.71 Å². The van der Waals surface area contributed by atoms with Crippen LogP contribution in [-0.4, -0.2) is 22.9 Å². The van der Waals surface area contributed by atoms with Crippen LogP contribution in [0.25, 0.3) is 0 Å². The molecule has 2 N–H and O–H groups in total. The van der Waals surface area contributed by atoms with Gasteiger partial charge in [-0.3, -0.25) is 4.79 Å². The van der Waals surface area contributed by atoms with Gasteiger partial charge in [0.2, 0.25) is 6.41 Å². The van der Waals surface area contributed by atoms with Crippen molar-refractivity contribution in [3.8, 4) is 0 Å². The van der Waals surface area contributed by atoms with E-state index in [0.717, 1.165) is 50.6 Å². The number of carbonyl (C=O) groups excluding carboxylic acids is 1. The Morgan fingerprint density at radius 2 is 2.21 bits per heavy atom. The molecule has 0 heterocycles. The van der Waals surface area contributed by atoms with Gasteiger partial charge in [0.25, 0.3) is 0 Å². The monoisotopic (exact) mass is 198 g/mol. The zero-order valence-electron chi connectivity index (χ0n) is 8.62. The quantitative estimate of drug-likeness (QED) is 0.410. The van der Waals surface area contributed by atoms with Crippen molar-refractivity contribution in [3.05, 3.63) is 0 Å². The van der Waals surface area contributed by atoms with Crippen LogP contribution in [-0.2, 0) is 4.79 Å². The van der Waals surface area contributed by atoms with Crippen molar-refractivity contribution in [2.45, 2.75) is 51.0 Å². The van der Waals surface area contributed by atoms with Crippen LogP contribution >= 0.6 is 0 Å². The van der Waals surface area contributed by atoms with Gasteiger partial charge >= 0.3 is 0 Å². The summed E-state index contributed by atoms with van der Waals surface area (Å²) in [6, 6.07) is 0. The van der Waals surface area contributed by atoms with E-state index in [2.05, 4.69) is 17.4 Å². The Morgan fingerprint density at radius 3 is 2.64 bits per heavy atom. The molecule has 14 heavy (non-hydrogen) atoms. The molecular formula is C10H18N2O2. The zero-order chi connectivity index (χ0) is 10.4. The number of nitrogens with zero attached hydrogens (tertiary/aromatic N) is 1. The lowest BCUT2D eigenvalue weighted by molar-refractivity contribution is -0.111. The predicted molar refractivity (Wildman–Crippen MR) is 54.5 cm³/mol. The van der Waals surface area contributed by atoms with E-state index in [0.29, 0.717) is 0 Å². The van der Waals surface area contributed by atoms with E-state index < -0.39 is 0 Å². The molecule has 0 saturated heterocycles. The number of amides is 1. The van der Waals surface area contributed by atoms with E-state index >= 15 is 0 Å².